The average molecular weight is 470 g/mol. The van der Waals surface area contributed by atoms with Gasteiger partial charge in [0.05, 0.1) is 0 Å². The molecule has 6 heteroatoms. The summed E-state index contributed by atoms with van der Waals surface area (Å²) in [5, 5.41) is 1.59. The van der Waals surface area contributed by atoms with Gasteiger partial charge in [-0.1, -0.05) is 0 Å². The van der Waals surface area contributed by atoms with Gasteiger partial charge in [-0.15, -0.1) is 0 Å². The van der Waals surface area contributed by atoms with E-state index in [9.17, 15) is 19.2 Å². The molecule has 1 aromatic heterocycles. The van der Waals surface area contributed by atoms with E-state index in [2.05, 4.69) is 0 Å². The molecule has 0 atom stereocenters. The second-order valence-electron chi connectivity index (χ2n) is 5.93. The van der Waals surface area contributed by atoms with Gasteiger partial charge in [0, 0.05) is 0 Å². The summed E-state index contributed by atoms with van der Waals surface area (Å²) in [6.07, 6.45) is 0. The van der Waals surface area contributed by atoms with E-state index in [1.165, 1.54) is 0 Å². The molecule has 124 valence electrons. The van der Waals surface area contributed by atoms with Crippen LogP contribution in [0.3, 0.4) is 0 Å². The second kappa shape index (κ2) is 5.57. The maximum absolute atomic E-state index is 12.9. The van der Waals surface area contributed by atoms with Gasteiger partial charge >= 0.3 is 157 Å². The fourth-order valence-corrected chi connectivity index (χ4v) is 9.17. The van der Waals surface area contributed by atoms with E-state index in [1.54, 1.807) is 48.5 Å². The van der Waals surface area contributed by atoms with Crippen LogP contribution in [0, 0.1) is 0 Å². The van der Waals surface area contributed by atoms with Crippen molar-refractivity contribution < 1.29 is 0 Å². The standard InChI is InChI=1S/C20H8O4Se2/c21-13-9-5-1-2-6-10(9)14(22)18-17(13)25-19-15(23)11-7-3-4-8-12(11)16(24)20(19)26-18/h1-8H. The van der Waals surface area contributed by atoms with Crippen molar-refractivity contribution in [2.75, 3.05) is 0 Å². The van der Waals surface area contributed by atoms with Crippen LogP contribution in [0.5, 0.6) is 0 Å². The van der Waals surface area contributed by atoms with E-state index in [0.29, 0.717) is 38.6 Å². The first kappa shape index (κ1) is 15.9. The van der Waals surface area contributed by atoms with Gasteiger partial charge in [0.15, 0.2) is 0 Å². The van der Waals surface area contributed by atoms with Crippen LogP contribution in [0.2, 0.25) is 0 Å². The van der Waals surface area contributed by atoms with Crippen LogP contribution in [0.1, 0.15) is 0 Å². The Balaban J connectivity index is 2.16. The van der Waals surface area contributed by atoms with Crippen molar-refractivity contribution in [1.82, 2.24) is 0 Å². The molecule has 0 spiro atoms. The molecule has 0 saturated carbocycles. The molecular weight excluding hydrogens is 462 g/mol. The molecule has 5 rings (SSSR count). The third kappa shape index (κ3) is 2.01. The molecule has 0 aliphatic heterocycles. The van der Waals surface area contributed by atoms with Crippen LogP contribution in [-0.2, 0) is 0 Å². The van der Waals surface area contributed by atoms with E-state index < -0.39 is 29.0 Å². The molecular formula is C20H8O4Se2. The molecule has 0 aliphatic rings. The molecule has 0 bridgehead atoms. The molecule has 0 amide bonds. The van der Waals surface area contributed by atoms with E-state index in [0.717, 1.165) is 0 Å². The van der Waals surface area contributed by atoms with Crippen molar-refractivity contribution in [3.05, 3.63) is 89.4 Å². The molecule has 0 saturated heterocycles. The predicted molar refractivity (Wildman–Crippen MR) is 107 cm³/mol. The molecule has 0 N–H and O–H groups in total. The maximum atomic E-state index is 12.9. The Kier molecular flexibility index (Phi) is 3.40. The monoisotopic (exact) mass is 472 g/mol. The van der Waals surface area contributed by atoms with Gasteiger partial charge in [0.2, 0.25) is 0 Å². The van der Waals surface area contributed by atoms with Crippen molar-refractivity contribution in [2.45, 2.75) is 0 Å². The van der Waals surface area contributed by atoms with Gasteiger partial charge in [-0.2, -0.15) is 0 Å². The zero-order valence-electron chi connectivity index (χ0n) is 13.1. The Morgan fingerprint density at radius 1 is 0.423 bits per heavy atom. The van der Waals surface area contributed by atoms with Crippen molar-refractivity contribution in [3.8, 4) is 0 Å². The Bertz CT molecular complexity index is 1370. The van der Waals surface area contributed by atoms with Crippen molar-refractivity contribution in [1.29, 1.82) is 0 Å². The minimum absolute atomic E-state index is 0.178. The van der Waals surface area contributed by atoms with Gasteiger partial charge in [0.25, 0.3) is 0 Å². The quantitative estimate of drug-likeness (QED) is 0.253. The van der Waals surface area contributed by atoms with E-state index in [4.69, 9.17) is 0 Å². The second-order valence-corrected chi connectivity index (χ2v) is 10.2. The fourth-order valence-electron chi connectivity index (χ4n) is 3.23. The number of hydrogen-bond acceptors (Lipinski definition) is 4. The van der Waals surface area contributed by atoms with Crippen LogP contribution in [0.4, 0.5) is 0 Å². The van der Waals surface area contributed by atoms with E-state index >= 15 is 0 Å². The summed E-state index contributed by atoms with van der Waals surface area (Å²) in [6.45, 7) is 0. The molecule has 26 heavy (non-hydrogen) atoms. The van der Waals surface area contributed by atoms with Crippen LogP contribution < -0.4 is 21.7 Å². The normalized spacial score (nSPS) is 11.7. The van der Waals surface area contributed by atoms with Gasteiger partial charge in [0.1, 0.15) is 0 Å². The summed E-state index contributed by atoms with van der Waals surface area (Å²) in [7, 11) is 0. The summed E-state index contributed by atoms with van der Waals surface area (Å²) in [5.74, 6) is 0. The van der Waals surface area contributed by atoms with Gasteiger partial charge in [-0.25, -0.2) is 0 Å². The van der Waals surface area contributed by atoms with Crippen molar-refractivity contribution in [2.24, 2.45) is 0 Å². The number of rotatable bonds is 0. The Morgan fingerprint density at radius 2 is 0.654 bits per heavy atom. The van der Waals surface area contributed by atoms with Crippen molar-refractivity contribution in [3.63, 3.8) is 0 Å². The van der Waals surface area contributed by atoms with Crippen LogP contribution in [0.25, 0.3) is 38.6 Å². The van der Waals surface area contributed by atoms with Gasteiger partial charge in [-0.3, -0.25) is 0 Å². The zero-order valence-corrected chi connectivity index (χ0v) is 16.5. The molecule has 0 unspecified atom stereocenters. The summed E-state index contributed by atoms with van der Waals surface area (Å²) in [5.41, 5.74) is -0.712. The Hall–Kier alpha value is -2.36. The summed E-state index contributed by atoms with van der Waals surface area (Å²) in [6, 6.07) is 13.5. The van der Waals surface area contributed by atoms with E-state index in [1.807, 2.05) is 0 Å². The fraction of sp³-hybridized carbons (Fsp3) is 0. The predicted octanol–water partition coefficient (Wildman–Crippen LogP) is 1.29. The van der Waals surface area contributed by atoms with Gasteiger partial charge < -0.3 is 0 Å². The molecule has 0 fully saturated rings. The molecule has 0 aliphatic carbocycles. The average Bonchev–Trinajstić information content (AvgIpc) is 2.69. The third-order valence-electron chi connectivity index (χ3n) is 4.48. The first-order valence-corrected chi connectivity index (χ1v) is 11.2. The number of fused-ring (bicyclic) bond motifs is 4. The minimum atomic E-state index is -0.634. The first-order valence-electron chi connectivity index (χ1n) is 7.79. The van der Waals surface area contributed by atoms with Crippen LogP contribution in [0.15, 0.2) is 67.7 Å². The molecule has 4 aromatic carbocycles. The first-order chi connectivity index (χ1) is 12.6. The van der Waals surface area contributed by atoms with Gasteiger partial charge in [-0.05, 0) is 0 Å². The Labute approximate surface area is 156 Å². The zero-order chi connectivity index (χ0) is 18.0. The molecule has 0 radical (unpaired) electrons. The van der Waals surface area contributed by atoms with Crippen LogP contribution in [-0.4, -0.2) is 29.0 Å². The number of hydrogen-bond donors (Lipinski definition) is 0. The third-order valence-corrected chi connectivity index (χ3v) is 10.8. The summed E-state index contributed by atoms with van der Waals surface area (Å²) >= 11 is -1.27. The van der Waals surface area contributed by atoms with E-state index in [-0.39, 0.29) is 21.7 Å². The Morgan fingerprint density at radius 3 is 0.885 bits per heavy atom. The molecule has 1 heterocycles. The SMILES string of the molecule is O=c1c2ccccc2c(=O)c2[se]c3c(=O)c4ccccc4c(=O)c3[se]c12. The summed E-state index contributed by atoms with van der Waals surface area (Å²) in [4.78, 5) is 51.6. The molecule has 5 aromatic rings. The number of benzene rings is 4. The summed E-state index contributed by atoms with van der Waals surface area (Å²) < 4.78 is 1.78. The molecule has 4 nitrogen and oxygen atoms in total. The van der Waals surface area contributed by atoms with Crippen molar-refractivity contribution >= 4 is 67.6 Å². The van der Waals surface area contributed by atoms with Crippen LogP contribution >= 0.6 is 0 Å². The topological polar surface area (TPSA) is 68.3 Å².